The molecular weight excluding hydrogens is 326 g/mol. The molecule has 1 aromatic rings. The zero-order valence-electron chi connectivity index (χ0n) is 13.9. The number of ether oxygens (including phenoxy) is 1. The van der Waals surface area contributed by atoms with E-state index in [-0.39, 0.29) is 18.0 Å². The van der Waals surface area contributed by atoms with Gasteiger partial charge in [-0.05, 0) is 37.1 Å². The van der Waals surface area contributed by atoms with Crippen molar-refractivity contribution in [1.29, 1.82) is 0 Å². The Morgan fingerprint density at radius 3 is 2.75 bits per heavy atom. The van der Waals surface area contributed by atoms with Gasteiger partial charge in [-0.3, -0.25) is 4.79 Å². The van der Waals surface area contributed by atoms with Crippen molar-refractivity contribution in [2.75, 3.05) is 39.3 Å². The molecule has 1 unspecified atom stereocenters. The first-order valence-corrected chi connectivity index (χ1v) is 9.64. The lowest BCUT2D eigenvalue weighted by Gasteiger charge is -2.26. The van der Waals surface area contributed by atoms with E-state index in [0.717, 1.165) is 31.4 Å². The number of urea groups is 1. The third-order valence-electron chi connectivity index (χ3n) is 4.59. The van der Waals surface area contributed by atoms with Crippen LogP contribution < -0.4 is 5.32 Å². The zero-order chi connectivity index (χ0) is 16.8. The van der Waals surface area contributed by atoms with Crippen molar-refractivity contribution in [3.63, 3.8) is 0 Å². The summed E-state index contributed by atoms with van der Waals surface area (Å²) in [5, 5.41) is 6.77. The number of hydrogen-bond donors (Lipinski definition) is 1. The number of carbonyl (C=O) groups excluding carboxylic acids is 2. The summed E-state index contributed by atoms with van der Waals surface area (Å²) in [5.74, 6) is 0.0640. The first-order valence-electron chi connectivity index (χ1n) is 8.70. The lowest BCUT2D eigenvalue weighted by atomic mass is 10.1. The van der Waals surface area contributed by atoms with Gasteiger partial charge in [0.05, 0.1) is 11.7 Å². The van der Waals surface area contributed by atoms with Crippen LogP contribution in [0.1, 0.15) is 36.0 Å². The molecule has 0 bridgehead atoms. The lowest BCUT2D eigenvalue weighted by molar-refractivity contribution is 0.0178. The first kappa shape index (κ1) is 17.2. The summed E-state index contributed by atoms with van der Waals surface area (Å²) in [6.07, 6.45) is 4.26. The average Bonchev–Trinajstić information content (AvgIpc) is 3.04. The molecule has 7 heteroatoms. The van der Waals surface area contributed by atoms with Crippen LogP contribution in [0.4, 0.5) is 4.79 Å². The molecule has 0 radical (unpaired) electrons. The van der Waals surface area contributed by atoms with E-state index < -0.39 is 0 Å². The highest BCUT2D eigenvalue weighted by Gasteiger charge is 2.23. The number of hydrogen-bond acceptors (Lipinski definition) is 4. The number of rotatable bonds is 3. The standard InChI is InChI=1S/C17H25N3O3S/c21-16(14-5-11-24-13-14)19-6-3-7-20(9-8-19)17(22)18-12-15-4-1-2-10-23-15/h5,11,13,15H,1-4,6-10,12H2,(H,18,22). The molecule has 2 aliphatic rings. The van der Waals surface area contributed by atoms with Crippen molar-refractivity contribution in [3.8, 4) is 0 Å². The highest BCUT2D eigenvalue weighted by molar-refractivity contribution is 7.08. The minimum absolute atomic E-state index is 0.0472. The van der Waals surface area contributed by atoms with Gasteiger partial charge in [-0.2, -0.15) is 11.3 Å². The average molecular weight is 351 g/mol. The van der Waals surface area contributed by atoms with E-state index in [1.165, 1.54) is 17.8 Å². The van der Waals surface area contributed by atoms with Gasteiger partial charge in [-0.1, -0.05) is 0 Å². The highest BCUT2D eigenvalue weighted by Crippen LogP contribution is 2.13. The number of amides is 3. The molecule has 132 valence electrons. The Morgan fingerprint density at radius 2 is 2.00 bits per heavy atom. The van der Waals surface area contributed by atoms with Crippen LogP contribution in [0.3, 0.4) is 0 Å². The molecule has 0 aliphatic carbocycles. The van der Waals surface area contributed by atoms with Gasteiger partial charge in [0.15, 0.2) is 0 Å². The maximum Gasteiger partial charge on any atom is 0.317 e. The molecule has 3 heterocycles. The fourth-order valence-electron chi connectivity index (χ4n) is 3.17. The second-order valence-electron chi connectivity index (χ2n) is 6.32. The topological polar surface area (TPSA) is 61.9 Å². The zero-order valence-corrected chi connectivity index (χ0v) is 14.7. The Labute approximate surface area is 146 Å². The predicted molar refractivity (Wildman–Crippen MR) is 93.4 cm³/mol. The van der Waals surface area contributed by atoms with Crippen molar-refractivity contribution in [3.05, 3.63) is 22.4 Å². The van der Waals surface area contributed by atoms with Crippen LogP contribution in [0.5, 0.6) is 0 Å². The quantitative estimate of drug-likeness (QED) is 0.908. The molecule has 0 saturated carbocycles. The molecule has 2 fully saturated rings. The van der Waals surface area contributed by atoms with Crippen molar-refractivity contribution >= 4 is 23.3 Å². The van der Waals surface area contributed by atoms with E-state index in [2.05, 4.69) is 5.32 Å². The minimum atomic E-state index is -0.0472. The van der Waals surface area contributed by atoms with Gasteiger partial charge < -0.3 is 19.9 Å². The van der Waals surface area contributed by atoms with Crippen LogP contribution >= 0.6 is 11.3 Å². The molecule has 1 N–H and O–H groups in total. The molecule has 2 aliphatic heterocycles. The Balaban J connectivity index is 1.46. The van der Waals surface area contributed by atoms with Gasteiger partial charge >= 0.3 is 6.03 Å². The van der Waals surface area contributed by atoms with Crippen molar-refractivity contribution in [2.45, 2.75) is 31.8 Å². The smallest absolute Gasteiger partial charge is 0.317 e. The molecule has 0 spiro atoms. The van der Waals surface area contributed by atoms with Crippen LogP contribution in [-0.4, -0.2) is 67.2 Å². The summed E-state index contributed by atoms with van der Waals surface area (Å²) in [6, 6.07) is 1.81. The SMILES string of the molecule is O=C(NCC1CCCCO1)N1CCCN(C(=O)c2ccsc2)CC1. The summed E-state index contributed by atoms with van der Waals surface area (Å²) in [4.78, 5) is 28.4. The number of nitrogens with one attached hydrogen (secondary N) is 1. The maximum atomic E-state index is 12.4. The minimum Gasteiger partial charge on any atom is -0.376 e. The lowest BCUT2D eigenvalue weighted by Crippen LogP contribution is -2.45. The third-order valence-corrected chi connectivity index (χ3v) is 5.28. The molecule has 3 rings (SSSR count). The van der Waals surface area contributed by atoms with Crippen molar-refractivity contribution in [2.24, 2.45) is 0 Å². The van der Waals surface area contributed by atoms with Crippen molar-refractivity contribution < 1.29 is 14.3 Å². The number of thiophene rings is 1. The maximum absolute atomic E-state index is 12.4. The summed E-state index contributed by atoms with van der Waals surface area (Å²) < 4.78 is 5.65. The first-order chi connectivity index (χ1) is 11.7. The third kappa shape index (κ3) is 4.48. The number of carbonyl (C=O) groups is 2. The largest absolute Gasteiger partial charge is 0.376 e. The van der Waals surface area contributed by atoms with Crippen molar-refractivity contribution in [1.82, 2.24) is 15.1 Å². The number of nitrogens with zero attached hydrogens (tertiary/aromatic N) is 2. The molecule has 3 amide bonds. The normalized spacial score (nSPS) is 22.1. The molecule has 0 aromatic carbocycles. The Bertz CT molecular complexity index is 543. The van der Waals surface area contributed by atoms with E-state index in [1.807, 2.05) is 26.6 Å². The van der Waals surface area contributed by atoms with Gasteiger partial charge in [-0.15, -0.1) is 0 Å². The molecule has 2 saturated heterocycles. The second-order valence-corrected chi connectivity index (χ2v) is 7.10. The fourth-order valence-corrected chi connectivity index (χ4v) is 3.80. The van der Waals surface area contributed by atoms with E-state index in [9.17, 15) is 9.59 Å². The van der Waals surface area contributed by atoms with Gasteiger partial charge in [0.25, 0.3) is 5.91 Å². The van der Waals surface area contributed by atoms with Crippen LogP contribution in [0.2, 0.25) is 0 Å². The van der Waals surface area contributed by atoms with Crippen LogP contribution in [0.15, 0.2) is 16.8 Å². The molecule has 1 atom stereocenters. The van der Waals surface area contributed by atoms with E-state index >= 15 is 0 Å². The second kappa shape index (κ2) is 8.48. The van der Waals surface area contributed by atoms with E-state index in [0.29, 0.717) is 32.7 Å². The van der Waals surface area contributed by atoms with Crippen LogP contribution in [0.25, 0.3) is 0 Å². The Morgan fingerprint density at radius 1 is 1.17 bits per heavy atom. The van der Waals surface area contributed by atoms with E-state index in [1.54, 1.807) is 0 Å². The molecule has 24 heavy (non-hydrogen) atoms. The highest BCUT2D eigenvalue weighted by atomic mass is 32.1. The van der Waals surface area contributed by atoms with E-state index in [4.69, 9.17) is 4.74 Å². The summed E-state index contributed by atoms with van der Waals surface area (Å²) in [5.41, 5.74) is 0.743. The molecule has 1 aromatic heterocycles. The van der Waals surface area contributed by atoms with Crippen LogP contribution in [0, 0.1) is 0 Å². The van der Waals surface area contributed by atoms with Crippen LogP contribution in [-0.2, 0) is 4.74 Å². The van der Waals surface area contributed by atoms with Gasteiger partial charge in [0.1, 0.15) is 0 Å². The molecular formula is C17H25N3O3S. The van der Waals surface area contributed by atoms with Gasteiger partial charge in [-0.25, -0.2) is 4.79 Å². The Kier molecular flexibility index (Phi) is 6.09. The Hall–Kier alpha value is -1.60. The van der Waals surface area contributed by atoms with Gasteiger partial charge in [0, 0.05) is 44.7 Å². The fraction of sp³-hybridized carbons (Fsp3) is 0.647. The molecule has 6 nitrogen and oxygen atoms in total. The summed E-state index contributed by atoms with van der Waals surface area (Å²) in [7, 11) is 0. The van der Waals surface area contributed by atoms with Gasteiger partial charge in [0.2, 0.25) is 0 Å². The summed E-state index contributed by atoms with van der Waals surface area (Å²) in [6.45, 7) is 3.92. The summed E-state index contributed by atoms with van der Waals surface area (Å²) >= 11 is 1.53. The monoisotopic (exact) mass is 351 g/mol. The predicted octanol–water partition coefficient (Wildman–Crippen LogP) is 2.17.